The Morgan fingerprint density at radius 2 is 2.21 bits per heavy atom. The minimum Gasteiger partial charge on any atom is -0.384 e. The van der Waals surface area contributed by atoms with Crippen molar-refractivity contribution < 1.29 is 9.53 Å². The third-order valence-corrected chi connectivity index (χ3v) is 2.78. The van der Waals surface area contributed by atoms with Crippen molar-refractivity contribution in [3.8, 4) is 0 Å². The number of carbonyl (C=O) groups is 1. The molecule has 0 atom stereocenters. The molecule has 1 rings (SSSR count). The standard InChI is InChI=1S/C12H23N5O2/c1-16(2)6-4-7-17-11(5-8-19-3)10(14-15-17)9-12(13)18/h4-9H2,1-3H3,(H2,13,18). The molecule has 0 aliphatic carbocycles. The third-order valence-electron chi connectivity index (χ3n) is 2.78. The van der Waals surface area contributed by atoms with E-state index < -0.39 is 0 Å². The summed E-state index contributed by atoms with van der Waals surface area (Å²) in [6.45, 7) is 2.34. The van der Waals surface area contributed by atoms with E-state index in [0.717, 1.165) is 25.2 Å². The molecular formula is C12H23N5O2. The van der Waals surface area contributed by atoms with E-state index in [0.29, 0.717) is 18.7 Å². The van der Waals surface area contributed by atoms with Gasteiger partial charge in [-0.1, -0.05) is 5.21 Å². The molecule has 0 unspecified atom stereocenters. The fourth-order valence-electron chi connectivity index (χ4n) is 1.86. The highest BCUT2D eigenvalue weighted by atomic mass is 16.5. The maximum Gasteiger partial charge on any atom is 0.223 e. The predicted octanol–water partition coefficient (Wildman–Crippen LogP) is -0.553. The summed E-state index contributed by atoms with van der Waals surface area (Å²) in [5, 5.41) is 8.15. The maximum absolute atomic E-state index is 11.0. The van der Waals surface area contributed by atoms with Crippen molar-refractivity contribution in [2.75, 3.05) is 34.4 Å². The predicted molar refractivity (Wildman–Crippen MR) is 71.7 cm³/mol. The molecule has 0 spiro atoms. The molecule has 1 aromatic rings. The lowest BCUT2D eigenvalue weighted by atomic mass is 10.2. The largest absolute Gasteiger partial charge is 0.384 e. The lowest BCUT2D eigenvalue weighted by Crippen LogP contribution is -2.18. The molecule has 7 heteroatoms. The topological polar surface area (TPSA) is 86.3 Å². The number of carbonyl (C=O) groups excluding carboxylic acids is 1. The van der Waals surface area contributed by atoms with Gasteiger partial charge in [-0.2, -0.15) is 0 Å². The molecule has 1 heterocycles. The molecule has 0 aliphatic heterocycles. The summed E-state index contributed by atoms with van der Waals surface area (Å²) >= 11 is 0. The number of nitrogens with two attached hydrogens (primary N) is 1. The van der Waals surface area contributed by atoms with Crippen LogP contribution < -0.4 is 5.73 Å². The minimum atomic E-state index is -0.390. The molecule has 0 radical (unpaired) electrons. The number of rotatable bonds is 9. The Kier molecular flexibility index (Phi) is 6.44. The monoisotopic (exact) mass is 269 g/mol. The average molecular weight is 269 g/mol. The second kappa shape index (κ2) is 7.85. The number of aromatic nitrogens is 3. The molecule has 1 amide bonds. The van der Waals surface area contributed by atoms with E-state index in [1.807, 2.05) is 18.8 Å². The number of aryl methyl sites for hydroxylation is 1. The van der Waals surface area contributed by atoms with Crippen LogP contribution in [0.4, 0.5) is 0 Å². The van der Waals surface area contributed by atoms with Crippen LogP contribution in [0.25, 0.3) is 0 Å². The first kappa shape index (κ1) is 15.6. The van der Waals surface area contributed by atoms with Crippen molar-refractivity contribution in [2.24, 2.45) is 5.73 Å². The van der Waals surface area contributed by atoms with Gasteiger partial charge in [0.05, 0.1) is 24.4 Å². The zero-order valence-corrected chi connectivity index (χ0v) is 11.9. The van der Waals surface area contributed by atoms with Crippen molar-refractivity contribution >= 4 is 5.91 Å². The van der Waals surface area contributed by atoms with Crippen molar-refractivity contribution in [2.45, 2.75) is 25.8 Å². The Bertz CT molecular complexity index is 403. The number of nitrogens with zero attached hydrogens (tertiary/aromatic N) is 4. The van der Waals surface area contributed by atoms with Gasteiger partial charge in [0.15, 0.2) is 0 Å². The summed E-state index contributed by atoms with van der Waals surface area (Å²) in [7, 11) is 5.71. The van der Waals surface area contributed by atoms with E-state index in [-0.39, 0.29) is 12.3 Å². The van der Waals surface area contributed by atoms with E-state index in [1.165, 1.54) is 0 Å². The van der Waals surface area contributed by atoms with E-state index in [4.69, 9.17) is 10.5 Å². The number of methoxy groups -OCH3 is 1. The van der Waals surface area contributed by atoms with Crippen molar-refractivity contribution in [1.82, 2.24) is 19.9 Å². The molecule has 19 heavy (non-hydrogen) atoms. The molecule has 0 fully saturated rings. The van der Waals surface area contributed by atoms with Crippen molar-refractivity contribution in [1.29, 1.82) is 0 Å². The van der Waals surface area contributed by atoms with Crippen LogP contribution in [0.15, 0.2) is 0 Å². The van der Waals surface area contributed by atoms with Crippen LogP contribution in [-0.4, -0.2) is 60.2 Å². The summed E-state index contributed by atoms with van der Waals surface area (Å²) < 4.78 is 6.93. The van der Waals surface area contributed by atoms with Gasteiger partial charge in [0.25, 0.3) is 0 Å². The number of hydrogen-bond donors (Lipinski definition) is 1. The van der Waals surface area contributed by atoms with Gasteiger partial charge in [0.1, 0.15) is 0 Å². The van der Waals surface area contributed by atoms with Crippen LogP contribution in [0.5, 0.6) is 0 Å². The Morgan fingerprint density at radius 1 is 1.47 bits per heavy atom. The fourth-order valence-corrected chi connectivity index (χ4v) is 1.86. The highest BCUT2D eigenvalue weighted by Crippen LogP contribution is 2.08. The number of ether oxygens (including phenoxy) is 1. The molecule has 0 aromatic carbocycles. The quantitative estimate of drug-likeness (QED) is 0.650. The maximum atomic E-state index is 11.0. The van der Waals surface area contributed by atoms with Gasteiger partial charge in [-0.05, 0) is 27.1 Å². The molecule has 0 aliphatic rings. The first-order chi connectivity index (χ1) is 9.04. The Labute approximate surface area is 113 Å². The van der Waals surface area contributed by atoms with Crippen LogP contribution in [0.3, 0.4) is 0 Å². The van der Waals surface area contributed by atoms with E-state index >= 15 is 0 Å². The van der Waals surface area contributed by atoms with Crippen LogP contribution in [0.2, 0.25) is 0 Å². The average Bonchev–Trinajstić information content (AvgIpc) is 2.68. The van der Waals surface area contributed by atoms with Gasteiger partial charge in [-0.25, -0.2) is 4.68 Å². The van der Waals surface area contributed by atoms with E-state index in [2.05, 4.69) is 15.2 Å². The molecule has 1 aromatic heterocycles. The zero-order chi connectivity index (χ0) is 14.3. The number of hydrogen-bond acceptors (Lipinski definition) is 5. The van der Waals surface area contributed by atoms with Crippen molar-refractivity contribution in [3.05, 3.63) is 11.4 Å². The zero-order valence-electron chi connectivity index (χ0n) is 11.9. The lowest BCUT2D eigenvalue weighted by molar-refractivity contribution is -0.117. The highest BCUT2D eigenvalue weighted by molar-refractivity contribution is 5.76. The lowest BCUT2D eigenvalue weighted by Gasteiger charge is -2.11. The second-order valence-corrected chi connectivity index (χ2v) is 4.75. The first-order valence-corrected chi connectivity index (χ1v) is 6.37. The SMILES string of the molecule is COCCc1c(CC(N)=O)nnn1CCCN(C)C. The van der Waals surface area contributed by atoms with Gasteiger partial charge in [0, 0.05) is 20.1 Å². The van der Waals surface area contributed by atoms with Gasteiger partial charge in [-0.15, -0.1) is 5.10 Å². The fraction of sp³-hybridized carbons (Fsp3) is 0.750. The summed E-state index contributed by atoms with van der Waals surface area (Å²) in [6.07, 6.45) is 1.80. The van der Waals surface area contributed by atoms with Crippen LogP contribution >= 0.6 is 0 Å². The second-order valence-electron chi connectivity index (χ2n) is 4.75. The van der Waals surface area contributed by atoms with Gasteiger partial charge in [0.2, 0.25) is 5.91 Å². The molecule has 0 saturated carbocycles. The summed E-state index contributed by atoms with van der Waals surface area (Å²) in [5.74, 6) is -0.390. The van der Waals surface area contributed by atoms with Gasteiger partial charge >= 0.3 is 0 Å². The summed E-state index contributed by atoms with van der Waals surface area (Å²) in [5.41, 5.74) is 6.82. The number of amides is 1. The smallest absolute Gasteiger partial charge is 0.223 e. The van der Waals surface area contributed by atoms with E-state index in [9.17, 15) is 4.79 Å². The van der Waals surface area contributed by atoms with Gasteiger partial charge in [-0.3, -0.25) is 4.79 Å². The normalized spacial score (nSPS) is 11.2. The Hall–Kier alpha value is -1.47. The third kappa shape index (κ3) is 5.35. The first-order valence-electron chi connectivity index (χ1n) is 6.37. The molecule has 0 bridgehead atoms. The van der Waals surface area contributed by atoms with Crippen LogP contribution in [0.1, 0.15) is 17.8 Å². The molecular weight excluding hydrogens is 246 g/mol. The summed E-state index contributed by atoms with van der Waals surface area (Å²) in [4.78, 5) is 13.1. The van der Waals surface area contributed by atoms with E-state index in [1.54, 1.807) is 7.11 Å². The van der Waals surface area contributed by atoms with Crippen LogP contribution in [-0.2, 0) is 28.9 Å². The highest BCUT2D eigenvalue weighted by Gasteiger charge is 2.14. The molecule has 2 N–H and O–H groups in total. The van der Waals surface area contributed by atoms with Crippen LogP contribution in [0, 0.1) is 0 Å². The molecule has 7 nitrogen and oxygen atoms in total. The Morgan fingerprint density at radius 3 is 2.79 bits per heavy atom. The summed E-state index contributed by atoms with van der Waals surface area (Å²) in [6, 6.07) is 0. The van der Waals surface area contributed by atoms with Gasteiger partial charge < -0.3 is 15.4 Å². The molecule has 108 valence electrons. The number of primary amides is 1. The van der Waals surface area contributed by atoms with Crippen molar-refractivity contribution in [3.63, 3.8) is 0 Å². The minimum absolute atomic E-state index is 0.132. The Balaban J connectivity index is 2.72. The molecule has 0 saturated heterocycles.